The molecule has 0 saturated heterocycles. The number of ether oxygens (including phenoxy) is 1. The SMILES string of the molecule is Cc1cc(CCN)cnc1Oc1ccc(C(C)C)cc1. The number of aromatic nitrogens is 1. The minimum Gasteiger partial charge on any atom is -0.439 e. The smallest absolute Gasteiger partial charge is 0.222 e. The van der Waals surface area contributed by atoms with Crippen LogP contribution in [0, 0.1) is 6.92 Å². The number of hydrogen-bond acceptors (Lipinski definition) is 3. The summed E-state index contributed by atoms with van der Waals surface area (Å²) >= 11 is 0. The fourth-order valence-corrected chi connectivity index (χ4v) is 2.06. The average Bonchev–Trinajstić information content (AvgIpc) is 2.43. The first-order valence-corrected chi connectivity index (χ1v) is 7.03. The maximum absolute atomic E-state index is 5.83. The van der Waals surface area contributed by atoms with E-state index in [1.165, 1.54) is 5.56 Å². The Morgan fingerprint density at radius 1 is 1.20 bits per heavy atom. The molecule has 1 aromatic heterocycles. The molecule has 2 rings (SSSR count). The third-order valence-corrected chi connectivity index (χ3v) is 3.28. The lowest BCUT2D eigenvalue weighted by atomic mass is 10.0. The van der Waals surface area contributed by atoms with Gasteiger partial charge in [0.15, 0.2) is 0 Å². The first kappa shape index (κ1) is 14.5. The van der Waals surface area contributed by atoms with E-state index >= 15 is 0 Å². The van der Waals surface area contributed by atoms with Gasteiger partial charge in [0.1, 0.15) is 5.75 Å². The highest BCUT2D eigenvalue weighted by atomic mass is 16.5. The molecule has 2 N–H and O–H groups in total. The van der Waals surface area contributed by atoms with Crippen molar-refractivity contribution in [1.29, 1.82) is 0 Å². The molecule has 0 amide bonds. The molecule has 0 bridgehead atoms. The van der Waals surface area contributed by atoms with Gasteiger partial charge in [-0.25, -0.2) is 4.98 Å². The molecule has 0 unspecified atom stereocenters. The highest BCUT2D eigenvalue weighted by molar-refractivity contribution is 5.35. The molecule has 0 aliphatic rings. The zero-order valence-electron chi connectivity index (χ0n) is 12.4. The van der Waals surface area contributed by atoms with E-state index in [-0.39, 0.29) is 0 Å². The third kappa shape index (κ3) is 3.58. The largest absolute Gasteiger partial charge is 0.439 e. The van der Waals surface area contributed by atoms with Crippen molar-refractivity contribution in [3.05, 3.63) is 53.2 Å². The first-order chi connectivity index (χ1) is 9.60. The van der Waals surface area contributed by atoms with E-state index in [0.29, 0.717) is 18.3 Å². The fourth-order valence-electron chi connectivity index (χ4n) is 2.06. The molecule has 1 aromatic carbocycles. The standard InChI is InChI=1S/C17H22N2O/c1-12(2)15-4-6-16(7-5-15)20-17-13(3)10-14(8-9-18)11-19-17/h4-7,10-12H,8-9,18H2,1-3H3. The number of benzene rings is 1. The van der Waals surface area contributed by atoms with Gasteiger partial charge in [-0.2, -0.15) is 0 Å². The van der Waals surface area contributed by atoms with E-state index in [9.17, 15) is 0 Å². The molecule has 2 aromatic rings. The summed E-state index contributed by atoms with van der Waals surface area (Å²) in [4.78, 5) is 4.37. The minimum atomic E-state index is 0.527. The number of nitrogens with zero attached hydrogens (tertiary/aromatic N) is 1. The predicted molar refractivity (Wildman–Crippen MR) is 82.3 cm³/mol. The van der Waals surface area contributed by atoms with Crippen molar-refractivity contribution in [3.63, 3.8) is 0 Å². The molecule has 1 heterocycles. The van der Waals surface area contributed by atoms with E-state index in [1.54, 1.807) is 0 Å². The van der Waals surface area contributed by atoms with Gasteiger partial charge in [0.25, 0.3) is 0 Å². The Hall–Kier alpha value is -1.87. The molecule has 0 spiro atoms. The van der Waals surface area contributed by atoms with Crippen molar-refractivity contribution in [3.8, 4) is 11.6 Å². The third-order valence-electron chi connectivity index (χ3n) is 3.28. The number of hydrogen-bond donors (Lipinski definition) is 1. The molecule has 0 atom stereocenters. The first-order valence-electron chi connectivity index (χ1n) is 7.03. The van der Waals surface area contributed by atoms with Crippen LogP contribution in [-0.2, 0) is 6.42 Å². The minimum absolute atomic E-state index is 0.527. The fraction of sp³-hybridized carbons (Fsp3) is 0.353. The highest BCUT2D eigenvalue weighted by Crippen LogP contribution is 2.25. The average molecular weight is 270 g/mol. The summed E-state index contributed by atoms with van der Waals surface area (Å²) in [6.07, 6.45) is 2.68. The van der Waals surface area contributed by atoms with Gasteiger partial charge in [0.05, 0.1) is 0 Å². The topological polar surface area (TPSA) is 48.1 Å². The van der Waals surface area contributed by atoms with Gasteiger partial charge >= 0.3 is 0 Å². The molecular formula is C17H22N2O. The molecule has 20 heavy (non-hydrogen) atoms. The van der Waals surface area contributed by atoms with Crippen molar-refractivity contribution in [2.45, 2.75) is 33.1 Å². The van der Waals surface area contributed by atoms with Crippen molar-refractivity contribution >= 4 is 0 Å². The van der Waals surface area contributed by atoms with Crippen LogP contribution in [0.4, 0.5) is 0 Å². The summed E-state index contributed by atoms with van der Waals surface area (Å²) in [7, 11) is 0. The Balaban J connectivity index is 2.13. The Morgan fingerprint density at radius 2 is 1.90 bits per heavy atom. The van der Waals surface area contributed by atoms with Crippen LogP contribution in [0.5, 0.6) is 11.6 Å². The van der Waals surface area contributed by atoms with Crippen LogP contribution >= 0.6 is 0 Å². The summed E-state index contributed by atoms with van der Waals surface area (Å²) in [6, 6.07) is 10.3. The molecule has 0 fully saturated rings. The van der Waals surface area contributed by atoms with Crippen LogP contribution in [-0.4, -0.2) is 11.5 Å². The summed E-state index contributed by atoms with van der Waals surface area (Å²) in [5.74, 6) is 2.00. The van der Waals surface area contributed by atoms with E-state index in [1.807, 2.05) is 25.3 Å². The van der Waals surface area contributed by atoms with E-state index in [4.69, 9.17) is 10.5 Å². The van der Waals surface area contributed by atoms with Crippen LogP contribution in [0.15, 0.2) is 36.5 Å². The van der Waals surface area contributed by atoms with Crippen molar-refractivity contribution in [1.82, 2.24) is 4.98 Å². The Kier molecular flexibility index (Phi) is 4.74. The number of nitrogens with two attached hydrogens (primary N) is 1. The lowest BCUT2D eigenvalue weighted by molar-refractivity contribution is 0.458. The van der Waals surface area contributed by atoms with E-state index in [2.05, 4.69) is 37.0 Å². The second-order valence-electron chi connectivity index (χ2n) is 5.33. The van der Waals surface area contributed by atoms with Gasteiger partial charge in [0.2, 0.25) is 5.88 Å². The molecule has 3 heteroatoms. The maximum atomic E-state index is 5.83. The van der Waals surface area contributed by atoms with Gasteiger partial charge in [-0.15, -0.1) is 0 Å². The summed E-state index contributed by atoms with van der Waals surface area (Å²) < 4.78 is 5.83. The Labute approximate surface area is 120 Å². The van der Waals surface area contributed by atoms with Crippen LogP contribution < -0.4 is 10.5 Å². The van der Waals surface area contributed by atoms with Gasteiger partial charge in [-0.05, 0) is 55.1 Å². The van der Waals surface area contributed by atoms with Crippen LogP contribution in [0.3, 0.4) is 0 Å². The number of pyridine rings is 1. The second-order valence-corrected chi connectivity index (χ2v) is 5.33. The lowest BCUT2D eigenvalue weighted by Gasteiger charge is -2.10. The van der Waals surface area contributed by atoms with E-state index < -0.39 is 0 Å². The molecular weight excluding hydrogens is 248 g/mol. The van der Waals surface area contributed by atoms with Crippen molar-refractivity contribution in [2.24, 2.45) is 5.73 Å². The molecule has 0 aliphatic heterocycles. The van der Waals surface area contributed by atoms with Crippen LogP contribution in [0.2, 0.25) is 0 Å². The predicted octanol–water partition coefficient (Wildman–Crippen LogP) is 3.81. The number of aryl methyl sites for hydroxylation is 1. The second kappa shape index (κ2) is 6.53. The van der Waals surface area contributed by atoms with Gasteiger partial charge in [-0.1, -0.05) is 26.0 Å². The summed E-state index contributed by atoms with van der Waals surface area (Å²) in [5, 5.41) is 0. The summed E-state index contributed by atoms with van der Waals surface area (Å²) in [6.45, 7) is 7.00. The van der Waals surface area contributed by atoms with Crippen molar-refractivity contribution in [2.75, 3.05) is 6.54 Å². The monoisotopic (exact) mass is 270 g/mol. The summed E-state index contributed by atoms with van der Waals surface area (Å²) in [5.41, 5.74) is 9.03. The highest BCUT2D eigenvalue weighted by Gasteiger charge is 2.05. The zero-order chi connectivity index (χ0) is 14.5. The van der Waals surface area contributed by atoms with Gasteiger partial charge in [0, 0.05) is 11.8 Å². The molecule has 0 saturated carbocycles. The molecule has 0 radical (unpaired) electrons. The lowest BCUT2D eigenvalue weighted by Crippen LogP contribution is -2.03. The molecule has 0 aliphatic carbocycles. The van der Waals surface area contributed by atoms with Crippen LogP contribution in [0.25, 0.3) is 0 Å². The Bertz CT molecular complexity index is 562. The number of rotatable bonds is 5. The van der Waals surface area contributed by atoms with Gasteiger partial charge in [-0.3, -0.25) is 0 Å². The normalized spacial score (nSPS) is 10.8. The van der Waals surface area contributed by atoms with Crippen LogP contribution in [0.1, 0.15) is 36.5 Å². The molecule has 106 valence electrons. The van der Waals surface area contributed by atoms with E-state index in [0.717, 1.165) is 23.3 Å². The molecule has 3 nitrogen and oxygen atoms in total. The maximum Gasteiger partial charge on any atom is 0.222 e. The zero-order valence-corrected chi connectivity index (χ0v) is 12.4. The quantitative estimate of drug-likeness (QED) is 0.898. The van der Waals surface area contributed by atoms with Gasteiger partial charge < -0.3 is 10.5 Å². The van der Waals surface area contributed by atoms with Crippen molar-refractivity contribution < 1.29 is 4.74 Å². The Morgan fingerprint density at radius 3 is 2.45 bits per heavy atom.